The van der Waals surface area contributed by atoms with Gasteiger partial charge < -0.3 is 5.32 Å². The minimum atomic E-state index is -0.302. The Kier molecular flexibility index (Phi) is 5.85. The number of rotatable bonds is 7. The van der Waals surface area contributed by atoms with Crippen LogP contribution < -0.4 is 10.6 Å². The van der Waals surface area contributed by atoms with Crippen LogP contribution in [-0.2, 0) is 13.1 Å². The highest BCUT2D eigenvalue weighted by Gasteiger charge is 2.08. The van der Waals surface area contributed by atoms with E-state index in [0.717, 1.165) is 29.9 Å². The summed E-state index contributed by atoms with van der Waals surface area (Å²) in [5.41, 5.74) is 2.87. The van der Waals surface area contributed by atoms with Crippen LogP contribution in [0.5, 0.6) is 0 Å². The van der Waals surface area contributed by atoms with Gasteiger partial charge >= 0.3 is 6.03 Å². The normalized spacial score (nSPS) is 10.8. The van der Waals surface area contributed by atoms with Crippen LogP contribution in [-0.4, -0.2) is 32.1 Å². The Balaban J connectivity index is 1.47. The Labute approximate surface area is 157 Å². The summed E-state index contributed by atoms with van der Waals surface area (Å²) in [6.07, 6.45) is 2.37. The van der Waals surface area contributed by atoms with Crippen molar-refractivity contribution < 1.29 is 9.18 Å². The molecule has 1 aromatic carbocycles. The van der Waals surface area contributed by atoms with Gasteiger partial charge in [-0.25, -0.2) is 13.9 Å². The SMILES string of the molecule is Cc1cc(C)n(CCCNC(=O)Nc2ccnn2Cc2cccc(F)c2)n1. The van der Waals surface area contributed by atoms with Crippen LogP contribution in [0.25, 0.3) is 0 Å². The molecule has 0 saturated carbocycles. The molecule has 0 fully saturated rings. The second-order valence-electron chi connectivity index (χ2n) is 6.39. The highest BCUT2D eigenvalue weighted by atomic mass is 19.1. The summed E-state index contributed by atoms with van der Waals surface area (Å²) in [5.74, 6) is 0.254. The van der Waals surface area contributed by atoms with Gasteiger partial charge in [-0.3, -0.25) is 10.00 Å². The minimum absolute atomic E-state index is 0.297. The van der Waals surface area contributed by atoms with Gasteiger partial charge in [-0.1, -0.05) is 12.1 Å². The van der Waals surface area contributed by atoms with Gasteiger partial charge in [0, 0.05) is 24.8 Å². The van der Waals surface area contributed by atoms with E-state index in [4.69, 9.17) is 0 Å². The average Bonchev–Trinajstić information content (AvgIpc) is 3.17. The maximum absolute atomic E-state index is 13.3. The van der Waals surface area contributed by atoms with E-state index in [1.807, 2.05) is 30.7 Å². The molecular weight excluding hydrogens is 347 g/mol. The topological polar surface area (TPSA) is 76.8 Å². The number of hydrogen-bond acceptors (Lipinski definition) is 3. The van der Waals surface area contributed by atoms with Crippen molar-refractivity contribution in [2.75, 3.05) is 11.9 Å². The molecule has 2 amide bonds. The second kappa shape index (κ2) is 8.48. The highest BCUT2D eigenvalue weighted by Crippen LogP contribution is 2.11. The number of hydrogen-bond donors (Lipinski definition) is 2. The molecular formula is C19H23FN6O. The first-order valence-corrected chi connectivity index (χ1v) is 8.83. The quantitative estimate of drug-likeness (QED) is 0.628. The monoisotopic (exact) mass is 370 g/mol. The van der Waals surface area contributed by atoms with Crippen LogP contribution in [0.2, 0.25) is 0 Å². The zero-order valence-electron chi connectivity index (χ0n) is 15.4. The standard InChI is InChI=1S/C19H23FN6O/c1-14-11-15(2)25(24-14)10-4-8-21-19(27)23-18-7-9-22-26(18)13-16-5-3-6-17(20)12-16/h3,5-7,9,11-12H,4,8,10,13H2,1-2H3,(H2,21,23,27). The van der Waals surface area contributed by atoms with Crippen molar-refractivity contribution in [3.05, 3.63) is 65.4 Å². The molecule has 0 radical (unpaired) electrons. The molecule has 0 spiro atoms. The Bertz CT molecular complexity index is 917. The van der Waals surface area contributed by atoms with E-state index in [2.05, 4.69) is 20.8 Å². The van der Waals surface area contributed by atoms with Crippen LogP contribution in [0.4, 0.5) is 15.0 Å². The van der Waals surface area contributed by atoms with Crippen LogP contribution in [0.1, 0.15) is 23.4 Å². The Morgan fingerprint density at radius 2 is 2.04 bits per heavy atom. The van der Waals surface area contributed by atoms with Gasteiger partial charge in [0.1, 0.15) is 11.6 Å². The van der Waals surface area contributed by atoms with Gasteiger partial charge in [-0.15, -0.1) is 0 Å². The average molecular weight is 370 g/mol. The van der Waals surface area contributed by atoms with Gasteiger partial charge in [0.05, 0.1) is 18.4 Å². The van der Waals surface area contributed by atoms with Crippen molar-refractivity contribution in [1.29, 1.82) is 0 Å². The second-order valence-corrected chi connectivity index (χ2v) is 6.39. The number of halogens is 1. The maximum atomic E-state index is 13.3. The van der Waals surface area contributed by atoms with Gasteiger partial charge in [-0.05, 0) is 44.0 Å². The molecule has 0 bridgehead atoms. The Morgan fingerprint density at radius 1 is 1.19 bits per heavy atom. The zero-order valence-corrected chi connectivity index (χ0v) is 15.4. The lowest BCUT2D eigenvalue weighted by molar-refractivity contribution is 0.251. The number of amides is 2. The van der Waals surface area contributed by atoms with E-state index in [1.165, 1.54) is 12.1 Å². The minimum Gasteiger partial charge on any atom is -0.338 e. The number of urea groups is 1. The van der Waals surface area contributed by atoms with Gasteiger partial charge in [-0.2, -0.15) is 10.2 Å². The number of anilines is 1. The fourth-order valence-electron chi connectivity index (χ4n) is 2.87. The molecule has 0 aliphatic rings. The van der Waals surface area contributed by atoms with Gasteiger partial charge in [0.2, 0.25) is 0 Å². The molecule has 7 nitrogen and oxygen atoms in total. The number of nitrogens with one attached hydrogen (secondary N) is 2. The van der Waals surface area contributed by atoms with E-state index in [0.29, 0.717) is 18.9 Å². The molecule has 0 unspecified atom stereocenters. The molecule has 142 valence electrons. The summed E-state index contributed by atoms with van der Waals surface area (Å²) in [6, 6.07) is 9.73. The number of carbonyl (C=O) groups is 1. The molecule has 0 atom stereocenters. The number of aryl methyl sites for hydroxylation is 3. The molecule has 0 saturated heterocycles. The third-order valence-corrected chi connectivity index (χ3v) is 4.12. The summed E-state index contributed by atoms with van der Waals surface area (Å²) in [7, 11) is 0. The molecule has 2 aromatic heterocycles. The molecule has 27 heavy (non-hydrogen) atoms. The number of benzene rings is 1. The van der Waals surface area contributed by atoms with Crippen molar-refractivity contribution in [1.82, 2.24) is 24.9 Å². The first kappa shape index (κ1) is 18.6. The first-order chi connectivity index (χ1) is 13.0. The third-order valence-electron chi connectivity index (χ3n) is 4.12. The molecule has 8 heteroatoms. The molecule has 3 aromatic rings. The highest BCUT2D eigenvalue weighted by molar-refractivity contribution is 5.88. The molecule has 2 N–H and O–H groups in total. The Hall–Kier alpha value is -3.16. The fourth-order valence-corrected chi connectivity index (χ4v) is 2.87. The predicted octanol–water partition coefficient (Wildman–Crippen LogP) is 3.10. The van der Waals surface area contributed by atoms with Crippen molar-refractivity contribution >= 4 is 11.8 Å². The van der Waals surface area contributed by atoms with Crippen molar-refractivity contribution in [3.63, 3.8) is 0 Å². The van der Waals surface area contributed by atoms with Crippen molar-refractivity contribution in [2.45, 2.75) is 33.4 Å². The number of carbonyl (C=O) groups excluding carboxylic acids is 1. The number of nitrogens with zero attached hydrogens (tertiary/aromatic N) is 4. The van der Waals surface area contributed by atoms with Crippen molar-refractivity contribution in [2.24, 2.45) is 0 Å². The Morgan fingerprint density at radius 3 is 2.78 bits per heavy atom. The smallest absolute Gasteiger partial charge is 0.320 e. The van der Waals surface area contributed by atoms with E-state index < -0.39 is 0 Å². The van der Waals surface area contributed by atoms with Gasteiger partial charge in [0.25, 0.3) is 0 Å². The van der Waals surface area contributed by atoms with Crippen LogP contribution in [0, 0.1) is 19.7 Å². The van der Waals surface area contributed by atoms with Crippen LogP contribution >= 0.6 is 0 Å². The van der Waals surface area contributed by atoms with E-state index in [1.54, 1.807) is 23.0 Å². The van der Waals surface area contributed by atoms with Gasteiger partial charge in [0.15, 0.2) is 0 Å². The summed E-state index contributed by atoms with van der Waals surface area (Å²) in [4.78, 5) is 12.1. The van der Waals surface area contributed by atoms with Crippen molar-refractivity contribution in [3.8, 4) is 0 Å². The molecule has 2 heterocycles. The third kappa shape index (κ3) is 5.16. The zero-order chi connectivity index (χ0) is 19.2. The van der Waals surface area contributed by atoms with E-state index >= 15 is 0 Å². The van der Waals surface area contributed by atoms with Crippen LogP contribution in [0.3, 0.4) is 0 Å². The summed E-state index contributed by atoms with van der Waals surface area (Å²) < 4.78 is 16.9. The lowest BCUT2D eigenvalue weighted by Gasteiger charge is -2.11. The van der Waals surface area contributed by atoms with E-state index in [9.17, 15) is 9.18 Å². The lowest BCUT2D eigenvalue weighted by Crippen LogP contribution is -2.31. The lowest BCUT2D eigenvalue weighted by atomic mass is 10.2. The number of aromatic nitrogens is 4. The molecule has 0 aliphatic carbocycles. The van der Waals surface area contributed by atoms with Crippen LogP contribution in [0.15, 0.2) is 42.6 Å². The molecule has 3 rings (SSSR count). The fraction of sp³-hybridized carbons (Fsp3) is 0.316. The predicted molar refractivity (Wildman–Crippen MR) is 101 cm³/mol. The summed E-state index contributed by atoms with van der Waals surface area (Å²) >= 11 is 0. The maximum Gasteiger partial charge on any atom is 0.320 e. The summed E-state index contributed by atoms with van der Waals surface area (Å²) in [5, 5.41) is 14.2. The summed E-state index contributed by atoms with van der Waals surface area (Å²) in [6.45, 7) is 5.63. The molecule has 0 aliphatic heterocycles. The first-order valence-electron chi connectivity index (χ1n) is 8.83. The van der Waals surface area contributed by atoms with E-state index in [-0.39, 0.29) is 11.8 Å². The largest absolute Gasteiger partial charge is 0.338 e.